The number of hydrogen-bond donors (Lipinski definition) is 0. The van der Waals surface area contributed by atoms with Crippen LogP contribution in [0.5, 0.6) is 0 Å². The topological polar surface area (TPSA) is 52.6 Å². The zero-order valence-electron chi connectivity index (χ0n) is 9.14. The molecule has 1 aromatic rings. The van der Waals surface area contributed by atoms with Gasteiger partial charge in [0, 0.05) is 13.3 Å². The van der Waals surface area contributed by atoms with Crippen LogP contribution in [0.2, 0.25) is 0 Å². The Morgan fingerprint density at radius 1 is 1.06 bits per heavy atom. The molecule has 1 rings (SSSR count). The maximum absolute atomic E-state index is 11.4. The van der Waals surface area contributed by atoms with Crippen LogP contribution in [0.25, 0.3) is 0 Å². The van der Waals surface area contributed by atoms with Crippen LogP contribution in [0.15, 0.2) is 30.3 Å². The zero-order valence-corrected chi connectivity index (χ0v) is 9.14. The van der Waals surface area contributed by atoms with Crippen molar-refractivity contribution in [3.63, 3.8) is 0 Å². The first-order valence-corrected chi connectivity index (χ1v) is 5.05. The van der Waals surface area contributed by atoms with Crippen LogP contribution in [0.1, 0.15) is 23.7 Å². The van der Waals surface area contributed by atoms with Crippen molar-refractivity contribution in [1.82, 2.24) is 0 Å². The lowest BCUT2D eigenvalue weighted by Gasteiger charge is -2.04. The molecule has 0 fully saturated rings. The molecule has 86 valence electrons. The number of benzene rings is 1. The minimum Gasteiger partial charge on any atom is -0.466 e. The van der Waals surface area contributed by atoms with E-state index in [9.17, 15) is 9.59 Å². The highest BCUT2D eigenvalue weighted by atomic mass is 16.5. The van der Waals surface area contributed by atoms with Gasteiger partial charge in [-0.15, -0.1) is 0 Å². The van der Waals surface area contributed by atoms with E-state index in [4.69, 9.17) is 9.47 Å². The molecule has 0 aromatic heterocycles. The Labute approximate surface area is 94.2 Å². The van der Waals surface area contributed by atoms with Crippen molar-refractivity contribution >= 4 is 11.9 Å². The minimum absolute atomic E-state index is 0.251. The molecule has 16 heavy (non-hydrogen) atoms. The average Bonchev–Trinajstić information content (AvgIpc) is 2.29. The summed E-state index contributed by atoms with van der Waals surface area (Å²) in [5, 5.41) is 0. The average molecular weight is 222 g/mol. The number of rotatable bonds is 5. The van der Waals surface area contributed by atoms with E-state index < -0.39 is 0 Å². The molecule has 0 spiro atoms. The Morgan fingerprint density at radius 3 is 2.31 bits per heavy atom. The lowest BCUT2D eigenvalue weighted by Crippen LogP contribution is -2.09. The number of hydrogen-bond acceptors (Lipinski definition) is 4. The Kier molecular flexibility index (Phi) is 5.05. The molecular weight excluding hydrogens is 208 g/mol. The predicted molar refractivity (Wildman–Crippen MR) is 58.0 cm³/mol. The highest BCUT2D eigenvalue weighted by molar-refractivity contribution is 5.89. The fourth-order valence-electron chi connectivity index (χ4n) is 1.10. The van der Waals surface area contributed by atoms with E-state index in [0.29, 0.717) is 12.0 Å². The van der Waals surface area contributed by atoms with Crippen molar-refractivity contribution in [2.24, 2.45) is 0 Å². The van der Waals surface area contributed by atoms with Crippen molar-refractivity contribution in [1.29, 1.82) is 0 Å². The van der Waals surface area contributed by atoms with Gasteiger partial charge in [-0.1, -0.05) is 18.2 Å². The normalized spacial score (nSPS) is 9.56. The predicted octanol–water partition coefficient (Wildman–Crippen LogP) is 1.80. The molecule has 4 nitrogen and oxygen atoms in total. The molecule has 0 aliphatic heterocycles. The van der Waals surface area contributed by atoms with Gasteiger partial charge in [0.25, 0.3) is 0 Å². The summed E-state index contributed by atoms with van der Waals surface area (Å²) in [5.41, 5.74) is 0.523. The summed E-state index contributed by atoms with van der Waals surface area (Å²) >= 11 is 0. The molecule has 0 saturated heterocycles. The first-order valence-electron chi connectivity index (χ1n) is 5.05. The zero-order chi connectivity index (χ0) is 11.8. The molecular formula is C12H14O4. The number of esters is 2. The van der Waals surface area contributed by atoms with Gasteiger partial charge >= 0.3 is 11.9 Å². The van der Waals surface area contributed by atoms with Crippen LogP contribution in [0.4, 0.5) is 0 Å². The summed E-state index contributed by atoms with van der Waals surface area (Å²) in [6.07, 6.45) is 0.512. The maximum Gasteiger partial charge on any atom is 0.338 e. The van der Waals surface area contributed by atoms with Gasteiger partial charge in [-0.25, -0.2) is 4.79 Å². The van der Waals surface area contributed by atoms with Gasteiger partial charge in [0.1, 0.15) is 0 Å². The SMILES string of the molecule is CC(=O)OCCCOC(=O)c1ccccc1. The first kappa shape index (κ1) is 12.2. The number of carbonyl (C=O) groups is 2. The molecule has 0 saturated carbocycles. The summed E-state index contributed by atoms with van der Waals surface area (Å²) in [6, 6.07) is 8.76. The summed E-state index contributed by atoms with van der Waals surface area (Å²) in [4.78, 5) is 21.8. The Morgan fingerprint density at radius 2 is 1.69 bits per heavy atom. The van der Waals surface area contributed by atoms with E-state index >= 15 is 0 Å². The van der Waals surface area contributed by atoms with Crippen molar-refractivity contribution in [2.75, 3.05) is 13.2 Å². The molecule has 0 unspecified atom stereocenters. The molecule has 4 heteroatoms. The highest BCUT2D eigenvalue weighted by Gasteiger charge is 2.05. The van der Waals surface area contributed by atoms with Crippen LogP contribution >= 0.6 is 0 Å². The van der Waals surface area contributed by atoms with Gasteiger partial charge in [0.15, 0.2) is 0 Å². The molecule has 0 radical (unpaired) electrons. The van der Waals surface area contributed by atoms with Gasteiger partial charge in [0.05, 0.1) is 18.8 Å². The van der Waals surface area contributed by atoms with E-state index in [0.717, 1.165) is 0 Å². The second-order valence-corrected chi connectivity index (χ2v) is 3.20. The quantitative estimate of drug-likeness (QED) is 0.563. The van der Waals surface area contributed by atoms with Gasteiger partial charge in [0.2, 0.25) is 0 Å². The third kappa shape index (κ3) is 4.59. The lowest BCUT2D eigenvalue weighted by molar-refractivity contribution is -0.141. The standard InChI is InChI=1S/C12H14O4/c1-10(13)15-8-5-9-16-12(14)11-6-3-2-4-7-11/h2-4,6-7H,5,8-9H2,1H3. The second kappa shape index (κ2) is 6.61. The van der Waals surface area contributed by atoms with E-state index in [1.54, 1.807) is 24.3 Å². The van der Waals surface area contributed by atoms with Crippen molar-refractivity contribution in [2.45, 2.75) is 13.3 Å². The van der Waals surface area contributed by atoms with Gasteiger partial charge < -0.3 is 9.47 Å². The Hall–Kier alpha value is -1.84. The van der Waals surface area contributed by atoms with E-state index in [1.807, 2.05) is 6.07 Å². The molecule has 0 heterocycles. The fraction of sp³-hybridized carbons (Fsp3) is 0.333. The fourth-order valence-corrected chi connectivity index (χ4v) is 1.10. The number of ether oxygens (including phenoxy) is 2. The molecule has 0 N–H and O–H groups in total. The Balaban J connectivity index is 2.19. The molecule has 0 aliphatic carbocycles. The maximum atomic E-state index is 11.4. The van der Waals surface area contributed by atoms with Crippen LogP contribution in [-0.4, -0.2) is 25.2 Å². The monoisotopic (exact) mass is 222 g/mol. The van der Waals surface area contributed by atoms with Gasteiger partial charge in [-0.05, 0) is 12.1 Å². The lowest BCUT2D eigenvalue weighted by atomic mass is 10.2. The molecule has 1 aromatic carbocycles. The third-order valence-corrected chi connectivity index (χ3v) is 1.84. The molecule has 0 atom stereocenters. The molecule has 0 amide bonds. The number of carbonyl (C=O) groups excluding carboxylic acids is 2. The van der Waals surface area contributed by atoms with E-state index in [-0.39, 0.29) is 25.2 Å². The van der Waals surface area contributed by atoms with Crippen LogP contribution in [0.3, 0.4) is 0 Å². The van der Waals surface area contributed by atoms with E-state index in [1.165, 1.54) is 6.92 Å². The highest BCUT2D eigenvalue weighted by Crippen LogP contribution is 2.01. The third-order valence-electron chi connectivity index (χ3n) is 1.84. The smallest absolute Gasteiger partial charge is 0.338 e. The van der Waals surface area contributed by atoms with Crippen LogP contribution in [-0.2, 0) is 14.3 Å². The minimum atomic E-state index is -0.358. The molecule has 0 bridgehead atoms. The van der Waals surface area contributed by atoms with E-state index in [2.05, 4.69) is 0 Å². The van der Waals surface area contributed by atoms with Crippen molar-refractivity contribution in [3.8, 4) is 0 Å². The largest absolute Gasteiger partial charge is 0.466 e. The summed E-state index contributed by atoms with van der Waals surface area (Å²) in [7, 11) is 0. The molecule has 0 aliphatic rings. The summed E-state index contributed by atoms with van der Waals surface area (Å²) in [6.45, 7) is 1.87. The van der Waals surface area contributed by atoms with Crippen molar-refractivity contribution < 1.29 is 19.1 Å². The Bertz CT molecular complexity index is 345. The van der Waals surface area contributed by atoms with Crippen LogP contribution < -0.4 is 0 Å². The van der Waals surface area contributed by atoms with Gasteiger partial charge in [-0.3, -0.25) is 4.79 Å². The van der Waals surface area contributed by atoms with Gasteiger partial charge in [-0.2, -0.15) is 0 Å². The van der Waals surface area contributed by atoms with Crippen LogP contribution in [0, 0.1) is 0 Å². The van der Waals surface area contributed by atoms with Crippen molar-refractivity contribution in [3.05, 3.63) is 35.9 Å². The summed E-state index contributed by atoms with van der Waals surface area (Å²) in [5.74, 6) is -0.683. The second-order valence-electron chi connectivity index (χ2n) is 3.20. The first-order chi connectivity index (χ1) is 7.70. The summed E-state index contributed by atoms with van der Waals surface area (Å²) < 4.78 is 9.68.